The second-order valence-electron chi connectivity index (χ2n) is 8.42. The second-order valence-corrected chi connectivity index (χ2v) is 13.1. The van der Waals surface area contributed by atoms with Gasteiger partial charge in [-0.05, 0) is 42.5 Å². The van der Waals surface area contributed by atoms with E-state index in [0.29, 0.717) is 5.92 Å². The van der Waals surface area contributed by atoms with Crippen LogP contribution in [0.4, 0.5) is 4.79 Å². The molecule has 1 aliphatic carbocycles. The summed E-state index contributed by atoms with van der Waals surface area (Å²) < 4.78 is 12.1. The molecule has 160 valence electrons. The van der Waals surface area contributed by atoms with Crippen LogP contribution in [0, 0.1) is 5.92 Å². The number of hydrogen-bond donors (Lipinski definition) is 0. The minimum Gasteiger partial charge on any atom is -0.444 e. The maximum atomic E-state index is 13.0. The van der Waals surface area contributed by atoms with Crippen molar-refractivity contribution < 1.29 is 18.8 Å². The smallest absolute Gasteiger partial charge is 0.417 e. The van der Waals surface area contributed by atoms with Crippen LogP contribution in [0.2, 0.25) is 18.1 Å². The quantitative estimate of drug-likeness (QED) is 0.414. The van der Waals surface area contributed by atoms with E-state index in [2.05, 4.69) is 20.8 Å². The Kier molecular flexibility index (Phi) is 7.52. The number of imide groups is 1. The molecule has 3 rings (SSSR count). The first-order chi connectivity index (χ1) is 14.0. The molecule has 2 aliphatic rings. The summed E-state index contributed by atoms with van der Waals surface area (Å²) in [6.07, 6.45) is 4.68. The van der Waals surface area contributed by atoms with Gasteiger partial charge in [-0.1, -0.05) is 70.4 Å². The topological polar surface area (TPSA) is 55.8 Å². The number of hydrogen-bond acceptors (Lipinski definition) is 4. The van der Waals surface area contributed by atoms with E-state index in [1.807, 2.05) is 30.3 Å². The molecule has 1 aliphatic heterocycles. The molecule has 2 atom stereocenters. The summed E-state index contributed by atoms with van der Waals surface area (Å²) >= 11 is 0. The Hall–Kier alpha value is -1.66. The van der Waals surface area contributed by atoms with Crippen LogP contribution in [0.1, 0.15) is 58.4 Å². The lowest BCUT2D eigenvalue weighted by Crippen LogP contribution is -2.72. The summed E-state index contributed by atoms with van der Waals surface area (Å²) in [7, 11) is -1.93. The molecule has 29 heavy (non-hydrogen) atoms. The van der Waals surface area contributed by atoms with Crippen molar-refractivity contribution in [3.05, 3.63) is 35.9 Å². The van der Waals surface area contributed by atoms with Crippen LogP contribution in [-0.2, 0) is 20.6 Å². The summed E-state index contributed by atoms with van der Waals surface area (Å²) in [4.78, 5) is 27.2. The molecule has 1 saturated carbocycles. The molecule has 2 fully saturated rings. The van der Waals surface area contributed by atoms with Crippen molar-refractivity contribution in [3.8, 4) is 0 Å². The first-order valence-electron chi connectivity index (χ1n) is 11.3. The average Bonchev–Trinajstić information content (AvgIpc) is 2.78. The fraction of sp³-hybridized carbons (Fsp3) is 0.652. The van der Waals surface area contributed by atoms with Crippen molar-refractivity contribution in [2.45, 2.75) is 89.8 Å². The van der Waals surface area contributed by atoms with Crippen molar-refractivity contribution in [1.82, 2.24) is 4.90 Å². The summed E-state index contributed by atoms with van der Waals surface area (Å²) in [6.45, 7) is 6.70. The predicted octanol–water partition coefficient (Wildman–Crippen LogP) is 5.50. The van der Waals surface area contributed by atoms with E-state index in [9.17, 15) is 9.59 Å². The lowest BCUT2D eigenvalue weighted by atomic mass is 9.77. The lowest BCUT2D eigenvalue weighted by Gasteiger charge is -2.51. The van der Waals surface area contributed by atoms with Gasteiger partial charge in [0.1, 0.15) is 12.7 Å². The van der Waals surface area contributed by atoms with Gasteiger partial charge in [0.15, 0.2) is 8.32 Å². The molecule has 2 amide bonds. The highest BCUT2D eigenvalue weighted by atomic mass is 28.4. The number of nitrogens with zero attached hydrogens (tertiary/aromatic N) is 1. The maximum absolute atomic E-state index is 13.0. The molecular weight excluding hydrogens is 382 g/mol. The zero-order valence-electron chi connectivity index (χ0n) is 18.1. The van der Waals surface area contributed by atoms with E-state index < -0.39 is 20.5 Å². The van der Waals surface area contributed by atoms with Crippen LogP contribution in [0.3, 0.4) is 0 Å². The summed E-state index contributed by atoms with van der Waals surface area (Å²) in [5, 5.41) is 0. The molecule has 0 N–H and O–H groups in total. The van der Waals surface area contributed by atoms with Gasteiger partial charge in [-0.3, -0.25) is 4.79 Å². The molecule has 5 nitrogen and oxygen atoms in total. The molecule has 6 heteroatoms. The summed E-state index contributed by atoms with van der Waals surface area (Å²) in [6, 6.07) is 12.4. The normalized spacial score (nSPS) is 23.0. The Labute approximate surface area is 175 Å². The molecule has 1 heterocycles. The highest BCUT2D eigenvalue weighted by Crippen LogP contribution is 2.40. The maximum Gasteiger partial charge on any atom is 0.417 e. The number of benzene rings is 1. The van der Waals surface area contributed by atoms with Gasteiger partial charge < -0.3 is 9.16 Å². The zero-order chi connectivity index (χ0) is 20.9. The number of carbonyl (C=O) groups is 2. The van der Waals surface area contributed by atoms with E-state index in [4.69, 9.17) is 9.16 Å². The van der Waals surface area contributed by atoms with Crippen LogP contribution in [0.5, 0.6) is 0 Å². The number of ether oxygens (including phenoxy) is 1. The number of likely N-dealkylation sites (tertiary alicyclic amines) is 1. The van der Waals surface area contributed by atoms with Crippen molar-refractivity contribution in [1.29, 1.82) is 0 Å². The van der Waals surface area contributed by atoms with Gasteiger partial charge in [0.2, 0.25) is 0 Å². The number of rotatable bonds is 8. The van der Waals surface area contributed by atoms with Crippen LogP contribution < -0.4 is 0 Å². The van der Waals surface area contributed by atoms with Gasteiger partial charge in [-0.25, -0.2) is 9.69 Å². The molecule has 2 unspecified atom stereocenters. The molecule has 0 aromatic heterocycles. The van der Waals surface area contributed by atoms with Crippen molar-refractivity contribution in [3.63, 3.8) is 0 Å². The average molecular weight is 418 g/mol. The summed E-state index contributed by atoms with van der Waals surface area (Å²) in [5.41, 5.74) is 0.921. The first-order valence-corrected chi connectivity index (χ1v) is 13.8. The molecule has 0 spiro atoms. The summed E-state index contributed by atoms with van der Waals surface area (Å²) in [5.74, 6) is 0.124. The largest absolute Gasteiger partial charge is 0.444 e. The highest BCUT2D eigenvalue weighted by Gasteiger charge is 2.57. The molecule has 0 radical (unpaired) electrons. The highest BCUT2D eigenvalue weighted by molar-refractivity contribution is 6.73. The molecule has 0 bridgehead atoms. The third-order valence-corrected chi connectivity index (χ3v) is 11.6. The third-order valence-electron chi connectivity index (χ3n) is 6.93. The van der Waals surface area contributed by atoms with Gasteiger partial charge >= 0.3 is 6.09 Å². The Bertz CT molecular complexity index is 677. The van der Waals surface area contributed by atoms with Crippen molar-refractivity contribution >= 4 is 20.3 Å². The number of amides is 2. The Morgan fingerprint density at radius 1 is 1.03 bits per heavy atom. The monoisotopic (exact) mass is 417 g/mol. The van der Waals surface area contributed by atoms with Crippen LogP contribution in [-0.4, -0.2) is 37.4 Å². The van der Waals surface area contributed by atoms with Gasteiger partial charge in [-0.2, -0.15) is 0 Å². The SMILES string of the molecule is CC[Si](CC)(CC)OC1C(=O)N(C(=O)OCc2ccccc2)C1C1CCCCC1. The van der Waals surface area contributed by atoms with Gasteiger partial charge in [0.05, 0.1) is 6.04 Å². The fourth-order valence-corrected chi connectivity index (χ4v) is 7.59. The molecule has 1 saturated heterocycles. The Balaban J connectivity index is 1.73. The van der Waals surface area contributed by atoms with Gasteiger partial charge in [0.25, 0.3) is 5.91 Å². The van der Waals surface area contributed by atoms with E-state index in [1.165, 1.54) is 11.3 Å². The van der Waals surface area contributed by atoms with Crippen molar-refractivity contribution in [2.24, 2.45) is 5.92 Å². The molecule has 1 aromatic carbocycles. The second kappa shape index (κ2) is 9.89. The lowest BCUT2D eigenvalue weighted by molar-refractivity contribution is -0.165. The standard InChI is InChI=1S/C23H35NO4Si/c1-4-29(5-2,6-3)28-21-20(19-15-11-8-12-16-19)24(22(21)25)23(26)27-17-18-13-9-7-10-14-18/h7,9-10,13-14,19-21H,4-6,8,11-12,15-17H2,1-3H3. The van der Waals surface area contributed by atoms with E-state index in [-0.39, 0.29) is 18.6 Å². The Morgan fingerprint density at radius 3 is 2.24 bits per heavy atom. The fourth-order valence-electron chi connectivity index (χ4n) is 4.81. The van der Waals surface area contributed by atoms with Crippen molar-refractivity contribution in [2.75, 3.05) is 0 Å². The number of carbonyl (C=O) groups excluding carboxylic acids is 2. The van der Waals surface area contributed by atoms with Crippen LogP contribution in [0.15, 0.2) is 30.3 Å². The first kappa shape index (κ1) is 22.0. The zero-order valence-corrected chi connectivity index (χ0v) is 19.1. The van der Waals surface area contributed by atoms with E-state index >= 15 is 0 Å². The van der Waals surface area contributed by atoms with Gasteiger partial charge in [-0.15, -0.1) is 0 Å². The minimum atomic E-state index is -1.93. The number of β-lactam (4-membered cyclic amide) rings is 1. The minimum absolute atomic E-state index is 0.164. The van der Waals surface area contributed by atoms with Gasteiger partial charge in [0, 0.05) is 0 Å². The van der Waals surface area contributed by atoms with Crippen LogP contribution >= 0.6 is 0 Å². The molecule has 1 aromatic rings. The Morgan fingerprint density at radius 2 is 1.66 bits per heavy atom. The van der Waals surface area contributed by atoms with E-state index in [1.54, 1.807) is 0 Å². The van der Waals surface area contributed by atoms with Crippen LogP contribution in [0.25, 0.3) is 0 Å². The predicted molar refractivity (Wildman–Crippen MR) is 116 cm³/mol. The van der Waals surface area contributed by atoms with E-state index in [0.717, 1.165) is 49.4 Å². The molecular formula is C23H35NO4Si. The third kappa shape index (κ3) is 4.74.